The van der Waals surface area contributed by atoms with E-state index in [0.717, 1.165) is 48.0 Å². The highest BCUT2D eigenvalue weighted by atomic mass is 32.2. The van der Waals surface area contributed by atoms with E-state index in [2.05, 4.69) is 63.5 Å². The molecule has 2 heterocycles. The predicted octanol–water partition coefficient (Wildman–Crippen LogP) is 4.32. The van der Waals surface area contributed by atoms with E-state index in [0.29, 0.717) is 12.5 Å². The predicted molar refractivity (Wildman–Crippen MR) is 121 cm³/mol. The number of H-pyrrole nitrogens is 1. The first kappa shape index (κ1) is 19.7. The summed E-state index contributed by atoms with van der Waals surface area (Å²) in [5.74, 6) is 2.65. The molecule has 1 aliphatic rings. The van der Waals surface area contributed by atoms with Gasteiger partial charge in [-0.05, 0) is 29.0 Å². The number of hydrogen-bond acceptors (Lipinski definition) is 5. The van der Waals surface area contributed by atoms with Gasteiger partial charge in [0.05, 0.1) is 11.3 Å². The van der Waals surface area contributed by atoms with Crippen molar-refractivity contribution in [1.29, 1.82) is 0 Å². The monoisotopic (exact) mass is 406 g/mol. The molecule has 0 unspecified atom stereocenters. The van der Waals surface area contributed by atoms with Gasteiger partial charge in [0.15, 0.2) is 0 Å². The fourth-order valence-corrected chi connectivity index (χ4v) is 4.19. The second-order valence-electron chi connectivity index (χ2n) is 7.25. The Hall–Kier alpha value is -2.57. The molecule has 0 aliphatic carbocycles. The zero-order chi connectivity index (χ0) is 20.1. The molecule has 0 radical (unpaired) electrons. The number of nitrogens with one attached hydrogen (secondary N) is 2. The third-order valence-corrected chi connectivity index (χ3v) is 6.03. The number of thioether (sulfide) groups is 1. The first-order valence-corrected chi connectivity index (χ1v) is 11.2. The van der Waals surface area contributed by atoms with Crippen LogP contribution in [-0.4, -0.2) is 27.2 Å². The number of anilines is 2. The normalized spacial score (nSPS) is 13.8. The van der Waals surface area contributed by atoms with Crippen molar-refractivity contribution in [3.63, 3.8) is 0 Å². The van der Waals surface area contributed by atoms with Crippen LogP contribution in [0.2, 0.25) is 0 Å². The van der Waals surface area contributed by atoms with E-state index in [1.807, 2.05) is 30.0 Å². The number of fused-ring (bicyclic) bond motifs is 1. The molecule has 2 N–H and O–H groups in total. The van der Waals surface area contributed by atoms with E-state index < -0.39 is 0 Å². The lowest BCUT2D eigenvalue weighted by Crippen LogP contribution is -2.35. The zero-order valence-corrected chi connectivity index (χ0v) is 17.5. The first-order chi connectivity index (χ1) is 14.2. The van der Waals surface area contributed by atoms with Crippen LogP contribution in [0.1, 0.15) is 29.3 Å². The van der Waals surface area contributed by atoms with Crippen LogP contribution in [0.5, 0.6) is 0 Å². The molecule has 2 aromatic carbocycles. The maximum absolute atomic E-state index is 12.7. The van der Waals surface area contributed by atoms with Gasteiger partial charge >= 0.3 is 0 Å². The molecule has 4 rings (SSSR count). The van der Waals surface area contributed by atoms with Gasteiger partial charge in [-0.1, -0.05) is 49.4 Å². The Balaban J connectivity index is 1.44. The van der Waals surface area contributed by atoms with Crippen molar-refractivity contribution >= 4 is 23.4 Å². The Labute approximate surface area is 175 Å². The lowest BCUT2D eigenvalue weighted by atomic mass is 10.1. The minimum atomic E-state index is -0.0498. The molecule has 29 heavy (non-hydrogen) atoms. The average Bonchev–Trinajstić information content (AvgIpc) is 2.74. The van der Waals surface area contributed by atoms with E-state index in [4.69, 9.17) is 0 Å². The molecule has 0 saturated carbocycles. The molecule has 150 valence electrons. The summed E-state index contributed by atoms with van der Waals surface area (Å²) in [6.45, 7) is 4.56. The third kappa shape index (κ3) is 5.08. The van der Waals surface area contributed by atoms with Gasteiger partial charge < -0.3 is 5.32 Å². The summed E-state index contributed by atoms with van der Waals surface area (Å²) >= 11 is 1.90. The highest BCUT2D eigenvalue weighted by Gasteiger charge is 2.21. The van der Waals surface area contributed by atoms with Crippen LogP contribution in [0, 0.1) is 0 Å². The van der Waals surface area contributed by atoms with E-state index in [-0.39, 0.29) is 5.56 Å². The highest BCUT2D eigenvalue weighted by molar-refractivity contribution is 7.98. The smallest absolute Gasteiger partial charge is 0.257 e. The summed E-state index contributed by atoms with van der Waals surface area (Å²) in [7, 11) is 0. The number of hydrogen-bond donors (Lipinski definition) is 2. The molecule has 0 spiro atoms. The fourth-order valence-electron chi connectivity index (χ4n) is 3.56. The lowest BCUT2D eigenvalue weighted by Gasteiger charge is -2.27. The van der Waals surface area contributed by atoms with E-state index >= 15 is 0 Å². The third-order valence-electron chi connectivity index (χ3n) is 5.09. The Morgan fingerprint density at radius 2 is 1.90 bits per heavy atom. The second-order valence-corrected chi connectivity index (χ2v) is 8.52. The largest absolute Gasteiger partial charge is 0.326 e. The van der Waals surface area contributed by atoms with E-state index in [9.17, 15) is 4.79 Å². The SMILES string of the molecule is CCSCc1ccc(Nc2nc3c(c(=O)[nH]2)CN(Cc2ccccc2)CC3)cc1. The molecule has 1 aliphatic heterocycles. The molecule has 0 saturated heterocycles. The van der Waals surface area contributed by atoms with Crippen LogP contribution in [0.25, 0.3) is 0 Å². The van der Waals surface area contributed by atoms with Crippen molar-refractivity contribution in [3.05, 3.63) is 87.3 Å². The van der Waals surface area contributed by atoms with Gasteiger partial charge in [-0.2, -0.15) is 11.8 Å². The maximum atomic E-state index is 12.7. The summed E-state index contributed by atoms with van der Waals surface area (Å²) in [5, 5.41) is 3.24. The molecule has 3 aromatic rings. The van der Waals surface area contributed by atoms with Gasteiger partial charge in [0.1, 0.15) is 0 Å². The number of nitrogens with zero attached hydrogens (tertiary/aromatic N) is 2. The van der Waals surface area contributed by atoms with Crippen LogP contribution in [-0.2, 0) is 25.3 Å². The minimum Gasteiger partial charge on any atom is -0.326 e. The van der Waals surface area contributed by atoms with Gasteiger partial charge in [-0.3, -0.25) is 14.7 Å². The van der Waals surface area contributed by atoms with Gasteiger partial charge in [0, 0.05) is 37.5 Å². The van der Waals surface area contributed by atoms with Crippen LogP contribution in [0.3, 0.4) is 0 Å². The summed E-state index contributed by atoms with van der Waals surface area (Å²) < 4.78 is 0. The molecular weight excluding hydrogens is 380 g/mol. The molecule has 6 heteroatoms. The summed E-state index contributed by atoms with van der Waals surface area (Å²) in [4.78, 5) is 22.6. The molecule has 0 bridgehead atoms. The molecule has 0 amide bonds. The van der Waals surface area contributed by atoms with Crippen LogP contribution in [0.4, 0.5) is 11.6 Å². The molecule has 0 fully saturated rings. The highest BCUT2D eigenvalue weighted by Crippen LogP contribution is 2.20. The fraction of sp³-hybridized carbons (Fsp3) is 0.304. The molecule has 1 aromatic heterocycles. The summed E-state index contributed by atoms with van der Waals surface area (Å²) in [5.41, 5.74) is 5.12. The minimum absolute atomic E-state index is 0.0498. The Morgan fingerprint density at radius 1 is 1.10 bits per heavy atom. The van der Waals surface area contributed by atoms with E-state index in [1.54, 1.807) is 0 Å². The van der Waals surface area contributed by atoms with Crippen molar-refractivity contribution in [2.75, 3.05) is 17.6 Å². The number of aromatic nitrogens is 2. The van der Waals surface area contributed by atoms with Gasteiger partial charge in [-0.25, -0.2) is 4.98 Å². The van der Waals surface area contributed by atoms with Gasteiger partial charge in [0.2, 0.25) is 5.95 Å². The zero-order valence-electron chi connectivity index (χ0n) is 16.6. The van der Waals surface area contributed by atoms with Crippen LogP contribution >= 0.6 is 11.8 Å². The van der Waals surface area contributed by atoms with Gasteiger partial charge in [-0.15, -0.1) is 0 Å². The molecular formula is C23H26N4OS. The van der Waals surface area contributed by atoms with Crippen molar-refractivity contribution in [3.8, 4) is 0 Å². The van der Waals surface area contributed by atoms with Crippen LogP contribution in [0.15, 0.2) is 59.4 Å². The Bertz CT molecular complexity index is 1000. The Kier molecular flexibility index (Phi) is 6.32. The van der Waals surface area contributed by atoms with Crippen molar-refractivity contribution in [1.82, 2.24) is 14.9 Å². The topological polar surface area (TPSA) is 61.0 Å². The second kappa shape index (κ2) is 9.29. The number of rotatable bonds is 7. The van der Waals surface area contributed by atoms with Crippen LogP contribution < -0.4 is 10.9 Å². The number of benzene rings is 2. The summed E-state index contributed by atoms with van der Waals surface area (Å²) in [6.07, 6.45) is 0.786. The molecule has 0 atom stereocenters. The first-order valence-electron chi connectivity index (χ1n) is 10.0. The quantitative estimate of drug-likeness (QED) is 0.612. The Morgan fingerprint density at radius 3 is 2.66 bits per heavy atom. The summed E-state index contributed by atoms with van der Waals surface area (Å²) in [6, 6.07) is 18.7. The standard InChI is InChI=1S/C23H26N4OS/c1-2-29-16-18-8-10-19(11-9-18)24-23-25-21-12-13-27(15-20(21)22(28)26-23)14-17-6-4-3-5-7-17/h3-11H,2,12-16H2,1H3,(H2,24,25,26,28). The maximum Gasteiger partial charge on any atom is 0.257 e. The van der Waals surface area contributed by atoms with E-state index in [1.165, 1.54) is 11.1 Å². The van der Waals surface area contributed by atoms with Crippen molar-refractivity contribution in [2.45, 2.75) is 32.2 Å². The molecule has 5 nitrogen and oxygen atoms in total. The number of aromatic amines is 1. The van der Waals surface area contributed by atoms with Crippen molar-refractivity contribution in [2.24, 2.45) is 0 Å². The van der Waals surface area contributed by atoms with Crippen molar-refractivity contribution < 1.29 is 0 Å². The van der Waals surface area contributed by atoms with Gasteiger partial charge in [0.25, 0.3) is 5.56 Å². The average molecular weight is 407 g/mol. The lowest BCUT2D eigenvalue weighted by molar-refractivity contribution is 0.242.